The van der Waals surface area contributed by atoms with Gasteiger partial charge in [-0.05, 0) is 37.3 Å². The average Bonchev–Trinajstić information content (AvgIpc) is 2.37. The maximum absolute atomic E-state index is 13.8. The fourth-order valence-electron chi connectivity index (χ4n) is 2.73. The van der Waals surface area contributed by atoms with Gasteiger partial charge in [0.1, 0.15) is 5.82 Å². The number of aliphatic hydroxyl groups excluding tert-OH is 1. The second-order valence-electron chi connectivity index (χ2n) is 5.55. The van der Waals surface area contributed by atoms with E-state index in [4.69, 9.17) is 0 Å². The largest absolute Gasteiger partial charge is 0.388 e. The second-order valence-corrected chi connectivity index (χ2v) is 8.44. The Hall–Kier alpha value is -0.500. The van der Waals surface area contributed by atoms with Crippen LogP contribution in [0.4, 0.5) is 4.39 Å². The fraction of sp³-hybridized carbons (Fsp3) is 0.571. The summed E-state index contributed by atoms with van der Waals surface area (Å²) >= 11 is 3.18. The summed E-state index contributed by atoms with van der Waals surface area (Å²) in [5.41, 5.74) is 0.259. The van der Waals surface area contributed by atoms with Gasteiger partial charge in [-0.2, -0.15) is 0 Å². The van der Waals surface area contributed by atoms with Crippen LogP contribution in [0.3, 0.4) is 0 Å². The molecule has 1 heterocycles. The lowest BCUT2D eigenvalue weighted by molar-refractivity contribution is 0.119. The quantitative estimate of drug-likeness (QED) is 0.874. The Bertz CT molecular complexity index is 608. The molecule has 118 valence electrons. The highest BCUT2D eigenvalue weighted by molar-refractivity contribution is 9.10. The van der Waals surface area contributed by atoms with E-state index in [1.807, 2.05) is 0 Å². The van der Waals surface area contributed by atoms with Crippen molar-refractivity contribution in [3.63, 3.8) is 0 Å². The summed E-state index contributed by atoms with van der Waals surface area (Å²) < 4.78 is 39.0. The molecule has 7 heteroatoms. The lowest BCUT2D eigenvalue weighted by Gasteiger charge is -2.32. The van der Waals surface area contributed by atoms with E-state index in [1.54, 1.807) is 12.1 Å². The van der Waals surface area contributed by atoms with Crippen molar-refractivity contribution < 1.29 is 17.9 Å². The highest BCUT2D eigenvalue weighted by Gasteiger charge is 2.28. The number of hydrogen-bond donors (Lipinski definition) is 1. The summed E-state index contributed by atoms with van der Waals surface area (Å²) in [5.74, 6) is -0.404. The Morgan fingerprint density at radius 1 is 1.52 bits per heavy atom. The Kier molecular flexibility index (Phi) is 5.40. The van der Waals surface area contributed by atoms with E-state index in [9.17, 15) is 17.9 Å². The summed E-state index contributed by atoms with van der Waals surface area (Å²) in [4.78, 5) is 0. The van der Waals surface area contributed by atoms with Crippen LogP contribution in [0.2, 0.25) is 0 Å². The zero-order valence-corrected chi connectivity index (χ0v) is 14.2. The molecule has 1 aliphatic rings. The number of halogens is 2. The van der Waals surface area contributed by atoms with Gasteiger partial charge in [-0.25, -0.2) is 17.1 Å². The molecule has 0 bridgehead atoms. The van der Waals surface area contributed by atoms with Gasteiger partial charge in [-0.1, -0.05) is 22.0 Å². The van der Waals surface area contributed by atoms with Crippen LogP contribution in [-0.4, -0.2) is 37.2 Å². The molecular weight excluding hydrogens is 361 g/mol. The van der Waals surface area contributed by atoms with Gasteiger partial charge in [0.05, 0.1) is 12.4 Å². The Morgan fingerprint density at radius 2 is 2.24 bits per heavy atom. The summed E-state index contributed by atoms with van der Waals surface area (Å²) in [6.45, 7) is 0.923. The van der Waals surface area contributed by atoms with Crippen LogP contribution in [0, 0.1) is 11.7 Å². The van der Waals surface area contributed by atoms with Gasteiger partial charge in [-0.3, -0.25) is 0 Å². The molecule has 1 aliphatic heterocycles. The van der Waals surface area contributed by atoms with Crippen molar-refractivity contribution in [2.75, 3.05) is 19.3 Å². The van der Waals surface area contributed by atoms with Crippen molar-refractivity contribution in [2.24, 2.45) is 5.92 Å². The first-order valence-electron chi connectivity index (χ1n) is 6.85. The molecule has 1 aromatic rings. The lowest BCUT2D eigenvalue weighted by Crippen LogP contribution is -2.39. The van der Waals surface area contributed by atoms with E-state index < -0.39 is 21.9 Å². The number of aliphatic hydroxyl groups is 1. The highest BCUT2D eigenvalue weighted by Crippen LogP contribution is 2.30. The molecule has 21 heavy (non-hydrogen) atoms. The van der Waals surface area contributed by atoms with Crippen molar-refractivity contribution in [1.82, 2.24) is 4.31 Å². The minimum atomic E-state index is -3.20. The third-order valence-corrected chi connectivity index (χ3v) is 5.59. The maximum Gasteiger partial charge on any atom is 0.211 e. The summed E-state index contributed by atoms with van der Waals surface area (Å²) in [6, 6.07) is 4.56. The van der Waals surface area contributed by atoms with E-state index in [-0.39, 0.29) is 11.5 Å². The van der Waals surface area contributed by atoms with Crippen LogP contribution >= 0.6 is 15.9 Å². The molecule has 1 N–H and O–H groups in total. The van der Waals surface area contributed by atoms with Gasteiger partial charge in [0, 0.05) is 23.1 Å². The second kappa shape index (κ2) is 6.73. The zero-order valence-electron chi connectivity index (χ0n) is 11.8. The molecule has 0 amide bonds. The Morgan fingerprint density at radius 3 is 2.86 bits per heavy atom. The third kappa shape index (κ3) is 4.48. The summed E-state index contributed by atoms with van der Waals surface area (Å²) in [6.07, 6.45) is 2.27. The van der Waals surface area contributed by atoms with Gasteiger partial charge in [0.25, 0.3) is 0 Å². The monoisotopic (exact) mass is 379 g/mol. The first-order chi connectivity index (χ1) is 9.77. The van der Waals surface area contributed by atoms with Crippen LogP contribution in [0.25, 0.3) is 0 Å². The summed E-state index contributed by atoms with van der Waals surface area (Å²) in [5, 5.41) is 10.2. The zero-order chi connectivity index (χ0) is 15.6. The van der Waals surface area contributed by atoms with E-state index in [0.717, 1.165) is 12.8 Å². The third-order valence-electron chi connectivity index (χ3n) is 3.83. The smallest absolute Gasteiger partial charge is 0.211 e. The van der Waals surface area contributed by atoms with Crippen molar-refractivity contribution in [1.29, 1.82) is 0 Å². The molecule has 2 rings (SSSR count). The lowest BCUT2D eigenvalue weighted by atomic mass is 9.91. The molecule has 2 atom stereocenters. The van der Waals surface area contributed by atoms with Gasteiger partial charge in [0.2, 0.25) is 10.0 Å². The number of nitrogens with zero attached hydrogens (tertiary/aromatic N) is 1. The predicted octanol–water partition coefficient (Wildman–Crippen LogP) is 2.68. The van der Waals surface area contributed by atoms with Crippen molar-refractivity contribution in [2.45, 2.75) is 25.4 Å². The Balaban J connectivity index is 2.03. The fourth-order valence-corrected chi connectivity index (χ4v) is 4.01. The van der Waals surface area contributed by atoms with Crippen molar-refractivity contribution in [3.8, 4) is 0 Å². The van der Waals surface area contributed by atoms with E-state index in [2.05, 4.69) is 15.9 Å². The van der Waals surface area contributed by atoms with Crippen LogP contribution < -0.4 is 0 Å². The highest BCUT2D eigenvalue weighted by atomic mass is 79.9. The van der Waals surface area contributed by atoms with Gasteiger partial charge in [0.15, 0.2) is 0 Å². The molecule has 0 radical (unpaired) electrons. The van der Waals surface area contributed by atoms with Gasteiger partial charge < -0.3 is 5.11 Å². The van der Waals surface area contributed by atoms with E-state index in [0.29, 0.717) is 24.0 Å². The molecular formula is C14H19BrFNO3S. The van der Waals surface area contributed by atoms with E-state index >= 15 is 0 Å². The topological polar surface area (TPSA) is 57.6 Å². The predicted molar refractivity (Wildman–Crippen MR) is 82.8 cm³/mol. The summed E-state index contributed by atoms with van der Waals surface area (Å²) in [7, 11) is -3.20. The van der Waals surface area contributed by atoms with Crippen LogP contribution in [0.5, 0.6) is 0 Å². The number of benzene rings is 1. The van der Waals surface area contributed by atoms with Gasteiger partial charge in [-0.15, -0.1) is 0 Å². The first-order valence-corrected chi connectivity index (χ1v) is 9.49. The molecule has 0 aliphatic carbocycles. The Labute approximate surface area is 133 Å². The SMILES string of the molecule is CS(=O)(=O)N1CCCC(CC(O)c2ccc(Br)cc2F)C1. The number of rotatable bonds is 4. The van der Waals surface area contributed by atoms with Gasteiger partial charge >= 0.3 is 0 Å². The van der Waals surface area contributed by atoms with Crippen LogP contribution in [-0.2, 0) is 10.0 Å². The molecule has 2 unspecified atom stereocenters. The molecule has 1 saturated heterocycles. The number of sulfonamides is 1. The minimum absolute atomic E-state index is 0.0477. The minimum Gasteiger partial charge on any atom is -0.388 e. The normalized spacial score (nSPS) is 22.2. The first kappa shape index (κ1) is 16.9. The molecule has 0 spiro atoms. The number of piperidine rings is 1. The average molecular weight is 380 g/mol. The molecule has 4 nitrogen and oxygen atoms in total. The molecule has 1 aromatic carbocycles. The number of hydrogen-bond acceptors (Lipinski definition) is 3. The van der Waals surface area contributed by atoms with Crippen LogP contribution in [0.15, 0.2) is 22.7 Å². The molecule has 1 fully saturated rings. The molecule has 0 aromatic heterocycles. The van der Waals surface area contributed by atoms with Crippen LogP contribution in [0.1, 0.15) is 30.9 Å². The maximum atomic E-state index is 13.8. The van der Waals surface area contributed by atoms with Crippen molar-refractivity contribution in [3.05, 3.63) is 34.1 Å². The van der Waals surface area contributed by atoms with Crippen molar-refractivity contribution >= 4 is 26.0 Å². The standard InChI is InChI=1S/C14H19BrFNO3S/c1-21(19,20)17-6-2-3-10(9-17)7-14(18)12-5-4-11(15)8-13(12)16/h4-5,8,10,14,18H,2-3,6-7,9H2,1H3. The van der Waals surface area contributed by atoms with E-state index in [1.165, 1.54) is 16.6 Å². The molecule has 0 saturated carbocycles.